The summed E-state index contributed by atoms with van der Waals surface area (Å²) in [7, 11) is 0. The Morgan fingerprint density at radius 1 is 1.26 bits per heavy atom. The molecule has 0 radical (unpaired) electrons. The highest BCUT2D eigenvalue weighted by atomic mass is 19.4. The number of rotatable bonds is 6. The van der Waals surface area contributed by atoms with Crippen molar-refractivity contribution in [1.82, 2.24) is 5.32 Å². The van der Waals surface area contributed by atoms with E-state index in [0.29, 0.717) is 31.2 Å². The molecule has 4 atom stereocenters. The number of carboxylic acids is 1. The van der Waals surface area contributed by atoms with Crippen LogP contribution >= 0.6 is 0 Å². The zero-order chi connectivity index (χ0) is 19.6. The molecular formula is C18H20F3NO5. The van der Waals surface area contributed by atoms with E-state index in [4.69, 9.17) is 9.84 Å². The third-order valence-corrected chi connectivity index (χ3v) is 4.80. The quantitative estimate of drug-likeness (QED) is 0.784. The number of aliphatic carboxylic acids is 1. The van der Waals surface area contributed by atoms with E-state index in [1.54, 1.807) is 6.07 Å². The van der Waals surface area contributed by atoms with Gasteiger partial charge in [-0.2, -0.15) is 0 Å². The highest BCUT2D eigenvalue weighted by Crippen LogP contribution is 2.51. The van der Waals surface area contributed by atoms with Gasteiger partial charge < -0.3 is 19.9 Å². The second-order valence-electron chi connectivity index (χ2n) is 6.80. The van der Waals surface area contributed by atoms with Crippen molar-refractivity contribution in [3.63, 3.8) is 0 Å². The van der Waals surface area contributed by atoms with Crippen molar-refractivity contribution in [3.05, 3.63) is 29.8 Å². The van der Waals surface area contributed by atoms with E-state index in [-0.39, 0.29) is 30.2 Å². The van der Waals surface area contributed by atoms with Crippen molar-refractivity contribution in [2.75, 3.05) is 6.54 Å². The second-order valence-corrected chi connectivity index (χ2v) is 6.80. The van der Waals surface area contributed by atoms with Gasteiger partial charge in [0.15, 0.2) is 6.10 Å². The summed E-state index contributed by atoms with van der Waals surface area (Å²) >= 11 is 0. The van der Waals surface area contributed by atoms with Crippen LogP contribution in [0.15, 0.2) is 24.3 Å². The van der Waals surface area contributed by atoms with Crippen LogP contribution in [-0.4, -0.2) is 42.1 Å². The fourth-order valence-corrected chi connectivity index (χ4v) is 3.41. The van der Waals surface area contributed by atoms with Gasteiger partial charge in [0.2, 0.25) is 5.91 Å². The van der Waals surface area contributed by atoms with E-state index in [1.165, 1.54) is 18.2 Å². The molecule has 1 aromatic rings. The molecule has 1 saturated carbocycles. The Bertz CT molecular complexity index is 708. The van der Waals surface area contributed by atoms with Crippen LogP contribution in [0.2, 0.25) is 0 Å². The summed E-state index contributed by atoms with van der Waals surface area (Å²) in [6.07, 6.45) is -3.79. The topological polar surface area (TPSA) is 84.9 Å². The van der Waals surface area contributed by atoms with Gasteiger partial charge in [-0.05, 0) is 43.2 Å². The first-order valence-corrected chi connectivity index (χ1v) is 8.75. The Morgan fingerprint density at radius 2 is 2.00 bits per heavy atom. The van der Waals surface area contributed by atoms with Crippen molar-refractivity contribution in [2.45, 2.75) is 50.2 Å². The van der Waals surface area contributed by atoms with E-state index < -0.39 is 24.4 Å². The summed E-state index contributed by atoms with van der Waals surface area (Å²) in [5.74, 6) is -2.34. The van der Waals surface area contributed by atoms with Gasteiger partial charge in [-0.1, -0.05) is 18.2 Å². The number of carbonyl (C=O) groups is 2. The highest BCUT2D eigenvalue weighted by Gasteiger charge is 2.46. The number of benzene rings is 1. The number of ether oxygens (including phenoxy) is 2. The van der Waals surface area contributed by atoms with Crippen LogP contribution in [0.1, 0.15) is 37.2 Å². The van der Waals surface area contributed by atoms with Crippen LogP contribution in [0.25, 0.3) is 0 Å². The average Bonchev–Trinajstić information content (AvgIpc) is 3.39. The number of carbonyl (C=O) groups excluding carboxylic acids is 1. The first kappa shape index (κ1) is 19.5. The minimum absolute atomic E-state index is 0.187. The Hall–Kier alpha value is -2.29. The summed E-state index contributed by atoms with van der Waals surface area (Å²) in [5.41, 5.74) is 0.356. The number of para-hydroxylation sites is 1. The SMILES string of the molecule is O=C(O)[C@@H]1CCC[C@H](CNC(=O)[C@@H]2C[C@H]2c2ccccc2OC(F)(F)F)O1. The van der Waals surface area contributed by atoms with E-state index in [0.717, 1.165) is 0 Å². The fraction of sp³-hybridized carbons (Fsp3) is 0.556. The Balaban J connectivity index is 1.53. The maximum absolute atomic E-state index is 12.5. The molecular weight excluding hydrogens is 367 g/mol. The second kappa shape index (κ2) is 7.75. The summed E-state index contributed by atoms with van der Waals surface area (Å²) in [4.78, 5) is 23.3. The number of hydrogen-bond acceptors (Lipinski definition) is 4. The van der Waals surface area contributed by atoms with Gasteiger partial charge in [0.25, 0.3) is 0 Å². The van der Waals surface area contributed by atoms with Crippen LogP contribution in [0, 0.1) is 5.92 Å². The Labute approximate surface area is 153 Å². The molecule has 0 unspecified atom stereocenters. The lowest BCUT2D eigenvalue weighted by molar-refractivity contribution is -0.274. The first-order chi connectivity index (χ1) is 12.7. The van der Waals surface area contributed by atoms with Gasteiger partial charge in [0.1, 0.15) is 5.75 Å². The molecule has 2 fully saturated rings. The predicted molar refractivity (Wildman–Crippen MR) is 87.1 cm³/mol. The normalized spacial score (nSPS) is 27.7. The summed E-state index contributed by atoms with van der Waals surface area (Å²) < 4.78 is 47.0. The number of amides is 1. The Morgan fingerprint density at radius 3 is 2.70 bits per heavy atom. The summed E-state index contributed by atoms with van der Waals surface area (Å²) in [5, 5.41) is 11.7. The van der Waals surface area contributed by atoms with Crippen molar-refractivity contribution < 1.29 is 37.3 Å². The molecule has 2 aliphatic rings. The van der Waals surface area contributed by atoms with Crippen molar-refractivity contribution in [1.29, 1.82) is 0 Å². The third kappa shape index (κ3) is 5.12. The molecule has 1 aliphatic heterocycles. The number of nitrogens with one attached hydrogen (secondary N) is 1. The molecule has 27 heavy (non-hydrogen) atoms. The lowest BCUT2D eigenvalue weighted by atomic mass is 10.0. The lowest BCUT2D eigenvalue weighted by Gasteiger charge is -2.27. The van der Waals surface area contributed by atoms with E-state index in [9.17, 15) is 22.8 Å². The maximum atomic E-state index is 12.5. The van der Waals surface area contributed by atoms with Crippen molar-refractivity contribution in [2.24, 2.45) is 5.92 Å². The molecule has 6 nitrogen and oxygen atoms in total. The van der Waals surface area contributed by atoms with Crippen LogP contribution in [-0.2, 0) is 14.3 Å². The van der Waals surface area contributed by atoms with Gasteiger partial charge in [0, 0.05) is 12.5 Å². The van der Waals surface area contributed by atoms with Crippen LogP contribution in [0.3, 0.4) is 0 Å². The van der Waals surface area contributed by atoms with Gasteiger partial charge in [0.05, 0.1) is 6.10 Å². The number of carboxylic acid groups (broad SMARTS) is 1. The molecule has 3 rings (SSSR count). The third-order valence-electron chi connectivity index (χ3n) is 4.80. The standard InChI is InChI=1S/C18H20F3NO5/c19-18(20,21)27-14-6-2-1-5-11(14)12-8-13(12)16(23)22-9-10-4-3-7-15(26-10)17(24)25/h1-2,5-6,10,12-13,15H,3-4,7-9H2,(H,22,23)(H,24,25)/t10-,12+,13-,15+/m1/s1. The molecule has 0 spiro atoms. The number of halogens is 3. The first-order valence-electron chi connectivity index (χ1n) is 8.75. The summed E-state index contributed by atoms with van der Waals surface area (Å²) in [6.45, 7) is 0.187. The molecule has 1 aromatic carbocycles. The molecule has 0 bridgehead atoms. The van der Waals surface area contributed by atoms with Gasteiger partial charge in [-0.3, -0.25) is 4.79 Å². The monoisotopic (exact) mass is 387 g/mol. The zero-order valence-electron chi connectivity index (χ0n) is 14.4. The van der Waals surface area contributed by atoms with E-state index in [2.05, 4.69) is 10.1 Å². The fourth-order valence-electron chi connectivity index (χ4n) is 3.41. The molecule has 1 saturated heterocycles. The lowest BCUT2D eigenvalue weighted by Crippen LogP contribution is -2.41. The van der Waals surface area contributed by atoms with Gasteiger partial charge >= 0.3 is 12.3 Å². The predicted octanol–water partition coefficient (Wildman–Crippen LogP) is 2.83. The molecule has 148 valence electrons. The molecule has 1 heterocycles. The van der Waals surface area contributed by atoms with E-state index >= 15 is 0 Å². The highest BCUT2D eigenvalue weighted by molar-refractivity contribution is 5.83. The molecule has 9 heteroatoms. The number of hydrogen-bond donors (Lipinski definition) is 2. The molecule has 2 N–H and O–H groups in total. The smallest absolute Gasteiger partial charge is 0.479 e. The van der Waals surface area contributed by atoms with Crippen LogP contribution < -0.4 is 10.1 Å². The van der Waals surface area contributed by atoms with Crippen molar-refractivity contribution >= 4 is 11.9 Å². The molecule has 1 amide bonds. The molecule has 1 aliphatic carbocycles. The van der Waals surface area contributed by atoms with E-state index in [1.807, 2.05) is 0 Å². The van der Waals surface area contributed by atoms with Gasteiger partial charge in [-0.25, -0.2) is 4.79 Å². The zero-order valence-corrected chi connectivity index (χ0v) is 14.4. The largest absolute Gasteiger partial charge is 0.573 e. The van der Waals surface area contributed by atoms with Crippen LogP contribution in [0.5, 0.6) is 5.75 Å². The summed E-state index contributed by atoms with van der Waals surface area (Å²) in [6, 6.07) is 5.81. The average molecular weight is 387 g/mol. The maximum Gasteiger partial charge on any atom is 0.573 e. The Kier molecular flexibility index (Phi) is 5.59. The van der Waals surface area contributed by atoms with Gasteiger partial charge in [-0.15, -0.1) is 13.2 Å². The van der Waals surface area contributed by atoms with Crippen LogP contribution in [0.4, 0.5) is 13.2 Å². The number of alkyl halides is 3. The minimum atomic E-state index is -4.79. The minimum Gasteiger partial charge on any atom is -0.479 e. The molecule has 0 aromatic heterocycles. The van der Waals surface area contributed by atoms with Crippen molar-refractivity contribution in [3.8, 4) is 5.75 Å².